The van der Waals surface area contributed by atoms with E-state index in [1.54, 1.807) is 0 Å². The Labute approximate surface area is 137 Å². The number of aliphatic hydroxyl groups is 3. The third-order valence-corrected chi connectivity index (χ3v) is 3.79. The molecule has 140 valence electrons. The molecule has 1 saturated heterocycles. The summed E-state index contributed by atoms with van der Waals surface area (Å²) in [5.41, 5.74) is 10.4. The van der Waals surface area contributed by atoms with Crippen molar-refractivity contribution in [1.29, 1.82) is 0 Å². The minimum absolute atomic E-state index is 0.240. The van der Waals surface area contributed by atoms with Gasteiger partial charge in [0.2, 0.25) is 0 Å². The summed E-state index contributed by atoms with van der Waals surface area (Å²) < 4.78 is 38.8. The van der Waals surface area contributed by atoms with Crippen LogP contribution in [0.5, 0.6) is 0 Å². The van der Waals surface area contributed by atoms with Gasteiger partial charge in [-0.1, -0.05) is 6.92 Å². The molecule has 11 heteroatoms. The van der Waals surface area contributed by atoms with Gasteiger partial charge in [-0.25, -0.2) is 14.2 Å². The predicted molar refractivity (Wildman–Crippen MR) is 78.1 cm³/mol. The Morgan fingerprint density at radius 1 is 1.46 bits per heavy atom. The Balaban J connectivity index is 3.27. The first kappa shape index (κ1) is 20.5. The molecule has 0 aliphatic carbocycles. The molecule has 0 aromatic carbocycles. The molecule has 0 saturated carbocycles. The van der Waals surface area contributed by atoms with Crippen molar-refractivity contribution in [2.45, 2.75) is 50.2 Å². The molecule has 1 fully saturated rings. The molecule has 0 bridgehead atoms. The van der Waals surface area contributed by atoms with Gasteiger partial charge in [0.1, 0.15) is 12.2 Å². The number of halogens is 2. The highest BCUT2D eigenvalue weighted by Crippen LogP contribution is 2.40. The Bertz CT molecular complexity index is 479. The van der Waals surface area contributed by atoms with Gasteiger partial charge in [-0.05, 0) is 6.92 Å². The highest BCUT2D eigenvalue weighted by molar-refractivity contribution is 5.79. The van der Waals surface area contributed by atoms with Crippen molar-refractivity contribution in [1.82, 2.24) is 0 Å². The summed E-state index contributed by atoms with van der Waals surface area (Å²) in [7, 11) is 0. The lowest BCUT2D eigenvalue weighted by Gasteiger charge is -2.45. The molecular formula is C13H23F2N3O6. The van der Waals surface area contributed by atoms with E-state index in [0.717, 1.165) is 0 Å². The number of hydrogen-bond donors (Lipinski definition) is 5. The average molecular weight is 355 g/mol. The number of ether oxygens (including phenoxy) is 2. The molecular weight excluding hydrogens is 332 g/mol. The number of nitrogens with zero attached hydrogens (tertiary/aromatic N) is 1. The summed E-state index contributed by atoms with van der Waals surface area (Å²) in [5.74, 6) is -6.81. The maximum atomic E-state index is 14.9. The van der Waals surface area contributed by atoms with E-state index >= 15 is 0 Å². The van der Waals surface area contributed by atoms with Gasteiger partial charge in [0, 0.05) is 5.92 Å². The standard InChI is InChI=1S/C13H23F2N3O6/c1-3-23-11(22)13(15)10(14)7(18-12(16)17)5(2)9(24-13)8(21)6(20)4-19/h5-10,19-21H,3-4H2,1-2H3,(H4,16,17,18)/t5?,6-,7?,8?,9?,10?,13?/m1/s1. The summed E-state index contributed by atoms with van der Waals surface area (Å²) in [6.07, 6.45) is -7.72. The van der Waals surface area contributed by atoms with Gasteiger partial charge in [0.15, 0.2) is 12.1 Å². The van der Waals surface area contributed by atoms with Gasteiger partial charge in [0.05, 0.1) is 25.4 Å². The Hall–Kier alpha value is -1.56. The SMILES string of the molecule is CCOC(=O)C1(F)OC(C(O)[C@H](O)CO)C(C)C(N=C(N)N)C1F. The number of aliphatic imine (C=N–C) groups is 1. The molecule has 1 heterocycles. The number of alkyl halides is 2. The van der Waals surface area contributed by atoms with Crippen molar-refractivity contribution in [3.05, 3.63) is 0 Å². The van der Waals surface area contributed by atoms with Crippen molar-refractivity contribution < 1.29 is 38.4 Å². The summed E-state index contributed by atoms with van der Waals surface area (Å²) >= 11 is 0. The lowest BCUT2D eigenvalue weighted by atomic mass is 9.82. The van der Waals surface area contributed by atoms with Crippen LogP contribution in [0.1, 0.15) is 13.8 Å². The molecule has 0 amide bonds. The van der Waals surface area contributed by atoms with E-state index in [9.17, 15) is 23.8 Å². The van der Waals surface area contributed by atoms with Crippen LogP contribution >= 0.6 is 0 Å². The third-order valence-electron chi connectivity index (χ3n) is 3.79. The molecule has 24 heavy (non-hydrogen) atoms. The number of hydrogen-bond acceptors (Lipinski definition) is 7. The minimum Gasteiger partial charge on any atom is -0.462 e. The van der Waals surface area contributed by atoms with Crippen molar-refractivity contribution in [2.24, 2.45) is 22.4 Å². The zero-order chi connectivity index (χ0) is 18.7. The number of guanidine groups is 1. The fraction of sp³-hybridized carbons (Fsp3) is 0.846. The smallest absolute Gasteiger partial charge is 0.375 e. The van der Waals surface area contributed by atoms with E-state index in [1.165, 1.54) is 13.8 Å². The molecule has 7 N–H and O–H groups in total. The van der Waals surface area contributed by atoms with E-state index in [1.807, 2.05) is 0 Å². The van der Waals surface area contributed by atoms with Crippen LogP contribution in [0.15, 0.2) is 4.99 Å². The Morgan fingerprint density at radius 2 is 2.04 bits per heavy atom. The summed E-state index contributed by atoms with van der Waals surface area (Å²) in [6.45, 7) is 1.62. The fourth-order valence-electron chi connectivity index (χ4n) is 2.50. The molecule has 0 aromatic rings. The first-order valence-corrected chi connectivity index (χ1v) is 7.33. The molecule has 0 aromatic heterocycles. The van der Waals surface area contributed by atoms with Crippen LogP contribution in [0, 0.1) is 5.92 Å². The molecule has 7 atom stereocenters. The first-order chi connectivity index (χ1) is 11.1. The average Bonchev–Trinajstić information content (AvgIpc) is 2.53. The first-order valence-electron chi connectivity index (χ1n) is 7.33. The zero-order valence-corrected chi connectivity index (χ0v) is 13.3. The number of rotatable bonds is 6. The number of carbonyl (C=O) groups excluding carboxylic acids is 1. The molecule has 1 rings (SSSR count). The summed E-state index contributed by atoms with van der Waals surface area (Å²) in [5, 5.41) is 28.5. The van der Waals surface area contributed by atoms with Crippen LogP contribution in [-0.4, -0.2) is 76.8 Å². The Kier molecular flexibility index (Phi) is 6.84. The lowest BCUT2D eigenvalue weighted by molar-refractivity contribution is -0.284. The van der Waals surface area contributed by atoms with Crippen LogP contribution in [0.2, 0.25) is 0 Å². The quantitative estimate of drug-likeness (QED) is 0.207. The largest absolute Gasteiger partial charge is 0.462 e. The molecule has 1 aliphatic heterocycles. The number of nitrogens with two attached hydrogens (primary N) is 2. The van der Waals surface area contributed by atoms with E-state index in [0.29, 0.717) is 0 Å². The van der Waals surface area contributed by atoms with Gasteiger partial charge in [-0.15, -0.1) is 0 Å². The van der Waals surface area contributed by atoms with E-state index in [4.69, 9.17) is 21.3 Å². The summed E-state index contributed by atoms with van der Waals surface area (Å²) in [6, 6.07) is -1.58. The topological polar surface area (TPSA) is 161 Å². The van der Waals surface area contributed by atoms with Gasteiger partial charge in [-0.2, -0.15) is 4.39 Å². The zero-order valence-electron chi connectivity index (χ0n) is 13.3. The second-order valence-electron chi connectivity index (χ2n) is 5.49. The molecule has 0 radical (unpaired) electrons. The van der Waals surface area contributed by atoms with E-state index in [-0.39, 0.29) is 6.61 Å². The second-order valence-corrected chi connectivity index (χ2v) is 5.49. The number of esters is 1. The van der Waals surface area contributed by atoms with Crippen molar-refractivity contribution >= 4 is 11.9 Å². The molecule has 9 nitrogen and oxygen atoms in total. The van der Waals surface area contributed by atoms with Crippen LogP contribution in [0.3, 0.4) is 0 Å². The molecule has 1 aliphatic rings. The second kappa shape index (κ2) is 8.01. The van der Waals surface area contributed by atoms with Gasteiger partial charge < -0.3 is 36.3 Å². The predicted octanol–water partition coefficient (Wildman–Crippen LogP) is -2.06. The van der Waals surface area contributed by atoms with Crippen molar-refractivity contribution in [3.63, 3.8) is 0 Å². The van der Waals surface area contributed by atoms with Gasteiger partial charge >= 0.3 is 11.8 Å². The van der Waals surface area contributed by atoms with E-state index < -0.39 is 60.8 Å². The highest BCUT2D eigenvalue weighted by atomic mass is 19.2. The van der Waals surface area contributed by atoms with Crippen LogP contribution in [0.4, 0.5) is 8.78 Å². The maximum Gasteiger partial charge on any atom is 0.375 e. The molecule has 0 spiro atoms. The van der Waals surface area contributed by atoms with E-state index in [2.05, 4.69) is 9.73 Å². The number of aliphatic hydroxyl groups excluding tert-OH is 3. The van der Waals surface area contributed by atoms with Crippen molar-refractivity contribution in [3.8, 4) is 0 Å². The van der Waals surface area contributed by atoms with Crippen LogP contribution in [0.25, 0.3) is 0 Å². The number of carbonyl (C=O) groups is 1. The maximum absolute atomic E-state index is 14.9. The molecule has 6 unspecified atom stereocenters. The lowest BCUT2D eigenvalue weighted by Crippen LogP contribution is -2.65. The summed E-state index contributed by atoms with van der Waals surface area (Å²) in [4.78, 5) is 15.4. The van der Waals surface area contributed by atoms with Gasteiger partial charge in [-0.3, -0.25) is 0 Å². The third kappa shape index (κ3) is 3.91. The highest BCUT2D eigenvalue weighted by Gasteiger charge is 2.62. The Morgan fingerprint density at radius 3 is 2.50 bits per heavy atom. The minimum atomic E-state index is -3.58. The van der Waals surface area contributed by atoms with Crippen LogP contribution in [-0.2, 0) is 14.3 Å². The van der Waals surface area contributed by atoms with Gasteiger partial charge in [0.25, 0.3) is 0 Å². The normalized spacial score (nSPS) is 35.8. The fourth-order valence-corrected chi connectivity index (χ4v) is 2.50. The van der Waals surface area contributed by atoms with Crippen molar-refractivity contribution in [2.75, 3.05) is 13.2 Å². The monoisotopic (exact) mass is 355 g/mol. The van der Waals surface area contributed by atoms with Crippen LogP contribution < -0.4 is 11.5 Å².